The van der Waals surface area contributed by atoms with Crippen LogP contribution in [0, 0.1) is 60.7 Å². The summed E-state index contributed by atoms with van der Waals surface area (Å²) in [6.07, 6.45) is 14.7. The molecule has 0 aromatic carbocycles. The van der Waals surface area contributed by atoms with Gasteiger partial charge in [0.25, 0.3) is 0 Å². The monoisotopic (exact) mass is 780 g/mol. The van der Waals surface area contributed by atoms with Crippen molar-refractivity contribution in [3.63, 3.8) is 0 Å². The van der Waals surface area contributed by atoms with Gasteiger partial charge in [0.1, 0.15) is 39.6 Å². The highest BCUT2D eigenvalue weighted by Gasteiger charge is 1.92. The lowest BCUT2D eigenvalue weighted by Gasteiger charge is -2.05. The van der Waals surface area contributed by atoms with E-state index >= 15 is 0 Å². The van der Waals surface area contributed by atoms with Crippen molar-refractivity contribution < 1.29 is 67.8 Å². The predicted octanol–water partition coefficient (Wildman–Crippen LogP) is -0.618. The predicted molar refractivity (Wildman–Crippen MR) is 192 cm³/mol. The van der Waals surface area contributed by atoms with E-state index in [0.717, 1.165) is 0 Å². The van der Waals surface area contributed by atoms with Crippen LogP contribution >= 0.6 is 15.9 Å². The molecule has 0 fully saturated rings. The molecule has 0 saturated heterocycles. The molecule has 50 heavy (non-hydrogen) atoms. The van der Waals surface area contributed by atoms with Crippen molar-refractivity contribution in [3.8, 4) is 60.7 Å². The van der Waals surface area contributed by atoms with Gasteiger partial charge < -0.3 is 67.8 Å². The van der Waals surface area contributed by atoms with Gasteiger partial charge in [-0.25, -0.2) is 0 Å². The van der Waals surface area contributed by atoms with Gasteiger partial charge in [0, 0.05) is 0 Å². The van der Waals surface area contributed by atoms with Gasteiger partial charge in [0.05, 0.1) is 124 Å². The van der Waals surface area contributed by atoms with E-state index in [-0.39, 0.29) is 26.4 Å². The second-order valence-corrected chi connectivity index (χ2v) is 8.66. The van der Waals surface area contributed by atoms with Crippen molar-refractivity contribution in [2.45, 2.75) is 0 Å². The number of ether oxygens (including phenoxy) is 10. The fourth-order valence-electron chi connectivity index (χ4n) is 2.29. The Morgan fingerprint density at radius 2 is 0.580 bits per heavy atom. The third kappa shape index (κ3) is 71.7. The molecule has 288 valence electrons. The number of halogens is 1. The Morgan fingerprint density at radius 3 is 0.800 bits per heavy atom. The zero-order valence-electron chi connectivity index (χ0n) is 29.2. The number of alkyl halides is 1. The highest BCUT2D eigenvalue weighted by Crippen LogP contribution is 1.84. The Kier molecular flexibility index (Phi) is 67.5. The molecular weight excluding hydrogens is 724 g/mol. The summed E-state index contributed by atoms with van der Waals surface area (Å²) >= 11 is 3.01. The molecular formula is C35H57BrO14. The molecule has 0 rings (SSSR count). The molecule has 0 unspecified atom stereocenters. The SMILES string of the molecule is C#CCBr.C#CCOCCOCCOCCOCC#C.OCC#CCOCCOCCOCCOCC#CCO.OCCOCCOCCO. The summed E-state index contributed by atoms with van der Waals surface area (Å²) in [5.74, 6) is 17.3. The van der Waals surface area contributed by atoms with E-state index in [1.165, 1.54) is 0 Å². The zero-order chi connectivity index (χ0) is 37.7. The van der Waals surface area contributed by atoms with Crippen molar-refractivity contribution in [3.05, 3.63) is 0 Å². The lowest BCUT2D eigenvalue weighted by atomic mass is 10.6. The van der Waals surface area contributed by atoms with Crippen LogP contribution in [0.4, 0.5) is 0 Å². The number of aliphatic hydroxyl groups excluding tert-OH is 4. The summed E-state index contributed by atoms with van der Waals surface area (Å²) < 4.78 is 51.0. The average Bonchev–Trinajstić information content (AvgIpc) is 3.14. The maximum absolute atomic E-state index is 8.39. The maximum Gasteiger partial charge on any atom is 0.107 e. The molecule has 0 bridgehead atoms. The fraction of sp³-hybridized carbons (Fsp3) is 0.714. The van der Waals surface area contributed by atoms with Crippen molar-refractivity contribution >= 4 is 15.9 Å². The second-order valence-electron chi connectivity index (χ2n) is 8.10. The van der Waals surface area contributed by atoms with Crippen molar-refractivity contribution in [1.29, 1.82) is 0 Å². The van der Waals surface area contributed by atoms with E-state index in [1.807, 2.05) is 0 Å². The van der Waals surface area contributed by atoms with Gasteiger partial charge in [0.15, 0.2) is 0 Å². The fourth-order valence-corrected chi connectivity index (χ4v) is 2.29. The van der Waals surface area contributed by atoms with Crippen molar-refractivity contribution in [2.24, 2.45) is 0 Å². The van der Waals surface area contributed by atoms with E-state index in [2.05, 4.69) is 57.4 Å². The molecule has 0 aromatic rings. The molecule has 0 aliphatic carbocycles. The van der Waals surface area contributed by atoms with Crippen LogP contribution in [-0.4, -0.2) is 184 Å². The Bertz CT molecular complexity index is 802. The summed E-state index contributed by atoms with van der Waals surface area (Å²) in [4.78, 5) is 0. The van der Waals surface area contributed by atoms with Crippen LogP contribution in [0.3, 0.4) is 0 Å². The van der Waals surface area contributed by atoms with Gasteiger partial charge >= 0.3 is 0 Å². The minimum absolute atomic E-state index is 0.0417. The number of terminal acetylenes is 3. The molecule has 0 atom stereocenters. The smallest absolute Gasteiger partial charge is 0.107 e. The first-order valence-electron chi connectivity index (χ1n) is 15.6. The number of hydrogen-bond donors (Lipinski definition) is 4. The Labute approximate surface area is 307 Å². The summed E-state index contributed by atoms with van der Waals surface area (Å²) in [6, 6.07) is 0. The van der Waals surface area contributed by atoms with E-state index in [1.54, 1.807) is 0 Å². The lowest BCUT2D eigenvalue weighted by Crippen LogP contribution is -2.12. The number of hydrogen-bond acceptors (Lipinski definition) is 14. The third-order valence-corrected chi connectivity index (χ3v) is 4.60. The molecule has 0 aromatic heterocycles. The highest BCUT2D eigenvalue weighted by molar-refractivity contribution is 9.09. The zero-order valence-corrected chi connectivity index (χ0v) is 30.7. The molecule has 0 aliphatic rings. The van der Waals surface area contributed by atoms with Crippen LogP contribution in [0.25, 0.3) is 0 Å². The molecule has 15 heteroatoms. The van der Waals surface area contributed by atoms with Crippen LogP contribution in [-0.2, 0) is 47.4 Å². The van der Waals surface area contributed by atoms with Gasteiger partial charge in [-0.1, -0.05) is 57.4 Å². The Balaban J connectivity index is -0.000000314. The normalized spacial score (nSPS) is 9.32. The topological polar surface area (TPSA) is 173 Å². The molecule has 0 saturated carbocycles. The van der Waals surface area contributed by atoms with E-state index in [9.17, 15) is 0 Å². The molecule has 0 heterocycles. The third-order valence-electron chi connectivity index (χ3n) is 4.28. The van der Waals surface area contributed by atoms with Gasteiger partial charge in [0.2, 0.25) is 0 Å². The summed E-state index contributed by atoms with van der Waals surface area (Å²) in [5, 5.41) is 34.0. The molecule has 4 N–H and O–H groups in total. The van der Waals surface area contributed by atoms with Crippen LogP contribution in [0.5, 0.6) is 0 Å². The van der Waals surface area contributed by atoms with Gasteiger partial charge in [-0.2, -0.15) is 0 Å². The maximum atomic E-state index is 8.39. The Morgan fingerprint density at radius 1 is 0.340 bits per heavy atom. The first kappa shape index (κ1) is 54.5. The first-order valence-corrected chi connectivity index (χ1v) is 16.8. The average molecular weight is 782 g/mol. The summed E-state index contributed by atoms with van der Waals surface area (Å²) in [6.45, 7) is 8.73. The second kappa shape index (κ2) is 61.9. The Hall–Kier alpha value is -2.28. The quantitative estimate of drug-likeness (QED) is 0.0430. The standard InChI is InChI=1S/C14H22O6.C12H18O4.C6H14O4.C3H3Br/c15-5-1-3-7-17-9-11-19-13-14-20-12-10-18-8-4-2-6-16;1-3-5-13-7-9-15-11-12-16-10-8-14-6-4-2;7-1-3-9-5-6-10-4-2-8;1-2-3-4/h15-16H,5-14H2;1-2H,5-12H2;7-8H,1-6H2;1H,3H2. The van der Waals surface area contributed by atoms with Crippen LogP contribution < -0.4 is 0 Å². The van der Waals surface area contributed by atoms with Crippen LogP contribution in [0.15, 0.2) is 0 Å². The van der Waals surface area contributed by atoms with E-state index < -0.39 is 0 Å². The van der Waals surface area contributed by atoms with Gasteiger partial charge in [-0.05, 0) is 0 Å². The van der Waals surface area contributed by atoms with Crippen molar-refractivity contribution in [2.75, 3.05) is 164 Å². The first-order chi connectivity index (χ1) is 24.7. The van der Waals surface area contributed by atoms with Crippen LogP contribution in [0.1, 0.15) is 0 Å². The molecule has 0 aliphatic heterocycles. The molecule has 14 nitrogen and oxygen atoms in total. The largest absolute Gasteiger partial charge is 0.394 e. The van der Waals surface area contributed by atoms with Crippen molar-refractivity contribution in [1.82, 2.24) is 0 Å². The van der Waals surface area contributed by atoms with Crippen LogP contribution in [0.2, 0.25) is 0 Å². The number of rotatable bonds is 29. The number of aliphatic hydroxyl groups is 4. The summed E-state index contributed by atoms with van der Waals surface area (Å²) in [7, 11) is 0. The molecule has 0 spiro atoms. The summed E-state index contributed by atoms with van der Waals surface area (Å²) in [5.41, 5.74) is 0. The highest BCUT2D eigenvalue weighted by atomic mass is 79.9. The minimum Gasteiger partial charge on any atom is -0.394 e. The van der Waals surface area contributed by atoms with Gasteiger partial charge in [-0.3, -0.25) is 0 Å². The van der Waals surface area contributed by atoms with E-state index in [0.29, 0.717) is 137 Å². The molecule has 0 amide bonds. The van der Waals surface area contributed by atoms with Gasteiger partial charge in [-0.15, -0.1) is 19.3 Å². The van der Waals surface area contributed by atoms with E-state index in [4.69, 9.17) is 87.1 Å². The lowest BCUT2D eigenvalue weighted by molar-refractivity contribution is 0.00484. The minimum atomic E-state index is -0.144. The molecule has 0 radical (unpaired) electrons.